The quantitative estimate of drug-likeness (QED) is 0.607. The second-order valence-corrected chi connectivity index (χ2v) is 5.63. The lowest BCUT2D eigenvalue weighted by molar-refractivity contribution is 0.718. The number of pyridine rings is 1. The highest BCUT2D eigenvalue weighted by Gasteiger charge is 2.14. The van der Waals surface area contributed by atoms with Gasteiger partial charge in [0.1, 0.15) is 23.6 Å². The molecule has 0 aliphatic heterocycles. The Bertz CT molecular complexity index is 1040. The molecule has 0 saturated carbocycles. The van der Waals surface area contributed by atoms with E-state index in [2.05, 4.69) is 51.5 Å². The second-order valence-electron chi connectivity index (χ2n) is 5.63. The lowest BCUT2D eigenvalue weighted by atomic mass is 10.1. The molecule has 0 aliphatic carbocycles. The highest BCUT2D eigenvalue weighted by atomic mass is 15.1. The molecule has 0 fully saturated rings. The number of nitrogens with zero attached hydrogens (tertiary/aromatic N) is 4. The lowest BCUT2D eigenvalue weighted by Crippen LogP contribution is -2.07. The maximum Gasteiger partial charge on any atom is 0.146 e. The lowest BCUT2D eigenvalue weighted by Gasteiger charge is -2.16. The summed E-state index contributed by atoms with van der Waals surface area (Å²) in [6.07, 6.45) is 3.41. The van der Waals surface area contributed by atoms with Crippen LogP contribution in [-0.2, 0) is 0 Å². The highest BCUT2D eigenvalue weighted by Crippen LogP contribution is 2.27. The number of aromatic nitrogens is 4. The van der Waals surface area contributed by atoms with Gasteiger partial charge < -0.3 is 15.6 Å². The van der Waals surface area contributed by atoms with Crippen molar-refractivity contribution in [2.75, 3.05) is 18.1 Å². The van der Waals surface area contributed by atoms with Gasteiger partial charge in [0.05, 0.1) is 16.9 Å². The molecule has 3 aromatic heterocycles. The molecule has 1 aromatic carbocycles. The molecule has 1 atom stereocenters. The van der Waals surface area contributed by atoms with Crippen LogP contribution in [0.4, 0.5) is 11.6 Å². The van der Waals surface area contributed by atoms with E-state index in [1.807, 2.05) is 29.9 Å². The van der Waals surface area contributed by atoms with Gasteiger partial charge in [-0.3, -0.25) is 0 Å². The molecule has 0 aliphatic rings. The summed E-state index contributed by atoms with van der Waals surface area (Å²) in [5.41, 5.74) is 8.67. The fraction of sp³-hybridized carbons (Fsp3) is 0.111. The average molecular weight is 317 g/mol. The van der Waals surface area contributed by atoms with Gasteiger partial charge in [-0.15, -0.1) is 0 Å². The van der Waals surface area contributed by atoms with Crippen molar-refractivity contribution in [2.24, 2.45) is 0 Å². The standard InChI is InChI=1S/C18H17N6/c1-11(24-8-7-14-17(19)21-10-22-18(14)24)13-4-3-12-5-6-16(20-2)23-15(12)9-13/h3-11H,1H2,2H3,(H,20,23)(H2,19,21,22). The largest absolute Gasteiger partial charge is 0.383 e. The van der Waals surface area contributed by atoms with E-state index < -0.39 is 0 Å². The third-order valence-electron chi connectivity index (χ3n) is 4.23. The SMILES string of the molecule is [CH2]C(c1ccc2ccc(NC)nc2c1)n1ccc2c(N)ncnc21. The number of fused-ring (bicyclic) bond motifs is 2. The van der Waals surface area contributed by atoms with Gasteiger partial charge in [0, 0.05) is 18.6 Å². The summed E-state index contributed by atoms with van der Waals surface area (Å²) < 4.78 is 2.00. The van der Waals surface area contributed by atoms with E-state index in [4.69, 9.17) is 5.73 Å². The molecule has 1 radical (unpaired) electrons. The second kappa shape index (κ2) is 5.49. The molecular formula is C18H17N6. The summed E-state index contributed by atoms with van der Waals surface area (Å²) in [4.78, 5) is 13.0. The van der Waals surface area contributed by atoms with Crippen LogP contribution in [0.15, 0.2) is 48.9 Å². The predicted octanol–water partition coefficient (Wildman–Crippen LogP) is 3.03. The molecule has 24 heavy (non-hydrogen) atoms. The first-order valence-corrected chi connectivity index (χ1v) is 7.66. The van der Waals surface area contributed by atoms with E-state index in [1.54, 1.807) is 0 Å². The Hall–Kier alpha value is -3.15. The average Bonchev–Trinajstić information content (AvgIpc) is 3.05. The minimum atomic E-state index is -0.138. The Kier molecular flexibility index (Phi) is 3.30. The Labute approximate surface area is 139 Å². The summed E-state index contributed by atoms with van der Waals surface area (Å²) in [5, 5.41) is 4.99. The number of nitrogens with one attached hydrogen (secondary N) is 1. The number of nitrogens with two attached hydrogens (primary N) is 1. The van der Waals surface area contributed by atoms with Crippen LogP contribution in [0.3, 0.4) is 0 Å². The Morgan fingerprint density at radius 3 is 2.83 bits per heavy atom. The minimum absolute atomic E-state index is 0.138. The fourth-order valence-corrected chi connectivity index (χ4v) is 2.88. The van der Waals surface area contributed by atoms with Gasteiger partial charge in [0.2, 0.25) is 0 Å². The van der Waals surface area contributed by atoms with Gasteiger partial charge in [-0.2, -0.15) is 0 Å². The summed E-state index contributed by atoms with van der Waals surface area (Å²) >= 11 is 0. The predicted molar refractivity (Wildman–Crippen MR) is 96.7 cm³/mol. The summed E-state index contributed by atoms with van der Waals surface area (Å²) in [7, 11) is 1.86. The summed E-state index contributed by atoms with van der Waals surface area (Å²) in [6.45, 7) is 4.30. The van der Waals surface area contributed by atoms with E-state index in [1.165, 1.54) is 6.33 Å². The van der Waals surface area contributed by atoms with E-state index in [0.717, 1.165) is 33.3 Å². The molecule has 0 bridgehead atoms. The van der Waals surface area contributed by atoms with Gasteiger partial charge in [0.25, 0.3) is 0 Å². The van der Waals surface area contributed by atoms with Crippen LogP contribution in [0.1, 0.15) is 11.6 Å². The Balaban J connectivity index is 1.82. The minimum Gasteiger partial charge on any atom is -0.383 e. The van der Waals surface area contributed by atoms with E-state index in [0.29, 0.717) is 5.82 Å². The first-order valence-electron chi connectivity index (χ1n) is 7.66. The van der Waals surface area contributed by atoms with Crippen LogP contribution >= 0.6 is 0 Å². The van der Waals surface area contributed by atoms with Crippen LogP contribution < -0.4 is 11.1 Å². The fourth-order valence-electron chi connectivity index (χ4n) is 2.88. The van der Waals surface area contributed by atoms with E-state index in [9.17, 15) is 0 Å². The molecule has 3 heterocycles. The monoisotopic (exact) mass is 317 g/mol. The van der Waals surface area contributed by atoms with Crippen molar-refractivity contribution < 1.29 is 0 Å². The van der Waals surface area contributed by atoms with E-state index in [-0.39, 0.29) is 6.04 Å². The molecule has 0 spiro atoms. The maximum atomic E-state index is 5.91. The Morgan fingerprint density at radius 1 is 1.17 bits per heavy atom. The first-order chi connectivity index (χ1) is 11.7. The van der Waals surface area contributed by atoms with Crippen LogP contribution in [0.5, 0.6) is 0 Å². The summed E-state index contributed by atoms with van der Waals surface area (Å²) in [6, 6.07) is 12.0. The number of anilines is 2. The van der Waals surface area contributed by atoms with Gasteiger partial charge in [0.15, 0.2) is 0 Å². The van der Waals surface area contributed by atoms with Crippen LogP contribution in [-0.4, -0.2) is 26.6 Å². The third kappa shape index (κ3) is 2.23. The van der Waals surface area contributed by atoms with Crippen LogP contribution in [0, 0.1) is 6.92 Å². The van der Waals surface area contributed by atoms with Gasteiger partial charge in [-0.1, -0.05) is 12.1 Å². The number of rotatable bonds is 3. The van der Waals surface area contributed by atoms with Crippen molar-refractivity contribution in [2.45, 2.75) is 6.04 Å². The molecule has 6 nitrogen and oxygen atoms in total. The molecule has 1 unspecified atom stereocenters. The van der Waals surface area contributed by atoms with E-state index >= 15 is 0 Å². The summed E-state index contributed by atoms with van der Waals surface area (Å²) in [5.74, 6) is 1.32. The molecule has 6 heteroatoms. The Morgan fingerprint density at radius 2 is 2.00 bits per heavy atom. The molecule has 4 rings (SSSR count). The van der Waals surface area contributed by atoms with Crippen molar-refractivity contribution in [1.29, 1.82) is 0 Å². The molecule has 119 valence electrons. The van der Waals surface area contributed by atoms with Crippen molar-refractivity contribution in [1.82, 2.24) is 19.5 Å². The highest BCUT2D eigenvalue weighted by molar-refractivity contribution is 5.86. The topological polar surface area (TPSA) is 81.7 Å². The van der Waals surface area contributed by atoms with Crippen molar-refractivity contribution in [3.8, 4) is 0 Å². The number of nitrogen functional groups attached to an aromatic ring is 1. The van der Waals surface area contributed by atoms with Crippen LogP contribution in [0.25, 0.3) is 21.9 Å². The number of benzene rings is 1. The molecule has 4 aromatic rings. The smallest absolute Gasteiger partial charge is 0.146 e. The van der Waals surface area contributed by atoms with Gasteiger partial charge >= 0.3 is 0 Å². The third-order valence-corrected chi connectivity index (χ3v) is 4.23. The van der Waals surface area contributed by atoms with Crippen molar-refractivity contribution in [3.63, 3.8) is 0 Å². The first kappa shape index (κ1) is 14.4. The number of hydrogen-bond donors (Lipinski definition) is 2. The molecule has 0 saturated heterocycles. The number of hydrogen-bond acceptors (Lipinski definition) is 5. The van der Waals surface area contributed by atoms with Gasteiger partial charge in [-0.05, 0) is 36.8 Å². The maximum absolute atomic E-state index is 5.91. The molecule has 0 amide bonds. The molecule has 3 N–H and O–H groups in total. The van der Waals surface area contributed by atoms with Crippen molar-refractivity contribution >= 4 is 33.6 Å². The zero-order valence-electron chi connectivity index (χ0n) is 13.3. The molecular weight excluding hydrogens is 300 g/mol. The zero-order valence-corrected chi connectivity index (χ0v) is 13.3. The van der Waals surface area contributed by atoms with Crippen molar-refractivity contribution in [3.05, 3.63) is 61.4 Å². The zero-order chi connectivity index (χ0) is 16.7. The van der Waals surface area contributed by atoms with Gasteiger partial charge in [-0.25, -0.2) is 15.0 Å². The normalized spacial score (nSPS) is 12.6. The van der Waals surface area contributed by atoms with Crippen LogP contribution in [0.2, 0.25) is 0 Å².